The Bertz CT molecular complexity index is 896. The number of hydrogen-bond acceptors (Lipinski definition) is 3. The van der Waals surface area contributed by atoms with Gasteiger partial charge in [-0.05, 0) is 19.4 Å². The van der Waals surface area contributed by atoms with E-state index in [4.69, 9.17) is 4.84 Å². The molecule has 0 atom stereocenters. The second-order valence-electron chi connectivity index (χ2n) is 6.43. The quantitative estimate of drug-likeness (QED) is 0.657. The number of aromatic nitrogens is 2. The molecule has 26 heavy (non-hydrogen) atoms. The first-order chi connectivity index (χ1) is 12.5. The molecule has 0 aliphatic rings. The Kier molecular flexibility index (Phi) is 5.19. The summed E-state index contributed by atoms with van der Waals surface area (Å²) in [5, 5.41) is 5.89. The molecule has 1 aromatic heterocycles. The molecule has 134 valence electrons. The van der Waals surface area contributed by atoms with Gasteiger partial charge in [0.1, 0.15) is 5.69 Å². The molecule has 5 heteroatoms. The van der Waals surface area contributed by atoms with Crippen LogP contribution in [-0.2, 0) is 11.4 Å². The van der Waals surface area contributed by atoms with E-state index in [2.05, 4.69) is 36.3 Å². The van der Waals surface area contributed by atoms with E-state index in [0.717, 1.165) is 16.7 Å². The minimum atomic E-state index is -0.224. The fourth-order valence-corrected chi connectivity index (χ4v) is 2.72. The van der Waals surface area contributed by atoms with Gasteiger partial charge in [0.25, 0.3) is 5.91 Å². The maximum absolute atomic E-state index is 12.7. The summed E-state index contributed by atoms with van der Waals surface area (Å²) in [5.41, 5.74) is 5.59. The Hall–Kier alpha value is -2.92. The minimum Gasteiger partial charge on any atom is -0.274 e. The Morgan fingerprint density at radius 1 is 1.04 bits per heavy atom. The van der Waals surface area contributed by atoms with Gasteiger partial charge in [0.2, 0.25) is 0 Å². The van der Waals surface area contributed by atoms with Crippen LogP contribution in [0.15, 0.2) is 54.7 Å². The summed E-state index contributed by atoms with van der Waals surface area (Å²) < 4.78 is 1.80. The van der Waals surface area contributed by atoms with E-state index in [1.807, 2.05) is 31.2 Å². The van der Waals surface area contributed by atoms with Crippen LogP contribution in [0.2, 0.25) is 0 Å². The normalized spacial score (nSPS) is 10.8. The van der Waals surface area contributed by atoms with Crippen LogP contribution < -0.4 is 0 Å². The monoisotopic (exact) mass is 349 g/mol. The molecule has 0 unspecified atom stereocenters. The summed E-state index contributed by atoms with van der Waals surface area (Å²) in [7, 11) is 3.07. The van der Waals surface area contributed by atoms with Gasteiger partial charge >= 0.3 is 0 Å². The zero-order chi connectivity index (χ0) is 18.7. The second kappa shape index (κ2) is 7.54. The van der Waals surface area contributed by atoms with Crippen molar-refractivity contribution < 1.29 is 9.63 Å². The fourth-order valence-electron chi connectivity index (χ4n) is 2.72. The van der Waals surface area contributed by atoms with E-state index in [1.165, 1.54) is 17.7 Å². The molecule has 1 amide bonds. The molecular formula is C21H23N3O2. The molecular weight excluding hydrogens is 326 g/mol. The average molecular weight is 349 g/mol. The summed E-state index contributed by atoms with van der Waals surface area (Å²) >= 11 is 0. The van der Waals surface area contributed by atoms with Gasteiger partial charge < -0.3 is 0 Å². The highest BCUT2D eigenvalue weighted by Crippen LogP contribution is 2.24. The van der Waals surface area contributed by atoms with Crippen molar-refractivity contribution in [1.82, 2.24) is 14.8 Å². The van der Waals surface area contributed by atoms with Gasteiger partial charge in [0, 0.05) is 18.8 Å². The lowest BCUT2D eigenvalue weighted by Crippen LogP contribution is -2.25. The maximum atomic E-state index is 12.7. The zero-order valence-corrected chi connectivity index (χ0v) is 15.6. The molecule has 0 saturated heterocycles. The molecule has 2 aromatic carbocycles. The van der Waals surface area contributed by atoms with Crippen molar-refractivity contribution in [1.29, 1.82) is 0 Å². The van der Waals surface area contributed by atoms with Crippen LogP contribution in [0.3, 0.4) is 0 Å². The highest BCUT2D eigenvalue weighted by molar-refractivity contribution is 5.99. The second-order valence-corrected chi connectivity index (χ2v) is 6.43. The van der Waals surface area contributed by atoms with Crippen molar-refractivity contribution in [3.63, 3.8) is 0 Å². The number of amides is 1. The Balaban J connectivity index is 2.00. The molecule has 1 heterocycles. The van der Waals surface area contributed by atoms with Crippen molar-refractivity contribution in [3.05, 3.63) is 77.0 Å². The third-order valence-corrected chi connectivity index (χ3v) is 4.34. The van der Waals surface area contributed by atoms with Gasteiger partial charge in [0.05, 0.1) is 19.2 Å². The molecule has 0 fully saturated rings. The first-order valence-electron chi connectivity index (χ1n) is 8.50. The largest absolute Gasteiger partial charge is 0.280 e. The van der Waals surface area contributed by atoms with Gasteiger partial charge in [-0.1, -0.05) is 59.7 Å². The predicted molar refractivity (Wildman–Crippen MR) is 102 cm³/mol. The van der Waals surface area contributed by atoms with Crippen LogP contribution in [0.25, 0.3) is 11.3 Å². The number of hydrogen-bond donors (Lipinski definition) is 0. The third-order valence-electron chi connectivity index (χ3n) is 4.34. The number of rotatable bonds is 5. The number of hydroxylamine groups is 2. The van der Waals surface area contributed by atoms with Gasteiger partial charge in [-0.25, -0.2) is 5.06 Å². The molecule has 0 N–H and O–H groups in total. The summed E-state index contributed by atoms with van der Waals surface area (Å²) in [4.78, 5) is 17.8. The summed E-state index contributed by atoms with van der Waals surface area (Å²) in [6.45, 7) is 4.69. The van der Waals surface area contributed by atoms with E-state index in [9.17, 15) is 4.79 Å². The highest BCUT2D eigenvalue weighted by atomic mass is 16.7. The topological polar surface area (TPSA) is 47.4 Å². The molecule has 0 aliphatic carbocycles. The zero-order valence-electron chi connectivity index (χ0n) is 15.6. The first kappa shape index (κ1) is 17.9. The standard InChI is InChI=1S/C21H23N3O2/c1-15-5-9-17(10-6-15)13-24-14-19(21(25)23(3)26-4)20(22-24)18-11-7-16(2)8-12-18/h5-12,14H,13H2,1-4H3. The van der Waals surface area contributed by atoms with Gasteiger partial charge in [0.15, 0.2) is 0 Å². The number of nitrogens with zero attached hydrogens (tertiary/aromatic N) is 3. The smallest absolute Gasteiger partial charge is 0.274 e. The molecule has 0 aliphatic heterocycles. The lowest BCUT2D eigenvalue weighted by molar-refractivity contribution is -0.0756. The summed E-state index contributed by atoms with van der Waals surface area (Å²) in [5.74, 6) is -0.224. The lowest BCUT2D eigenvalue weighted by Gasteiger charge is -2.13. The lowest BCUT2D eigenvalue weighted by atomic mass is 10.1. The molecule has 0 spiro atoms. The van der Waals surface area contributed by atoms with E-state index < -0.39 is 0 Å². The van der Waals surface area contributed by atoms with E-state index in [1.54, 1.807) is 17.9 Å². The Morgan fingerprint density at radius 3 is 2.19 bits per heavy atom. The Morgan fingerprint density at radius 2 is 1.62 bits per heavy atom. The third kappa shape index (κ3) is 3.83. The van der Waals surface area contributed by atoms with Gasteiger partial charge in [-0.2, -0.15) is 5.10 Å². The van der Waals surface area contributed by atoms with Gasteiger partial charge in [-0.15, -0.1) is 0 Å². The predicted octanol–water partition coefficient (Wildman–Crippen LogP) is 3.85. The molecule has 5 nitrogen and oxygen atoms in total. The molecule has 3 aromatic rings. The summed E-state index contributed by atoms with van der Waals surface area (Å²) in [6.07, 6.45) is 1.78. The SMILES string of the molecule is CON(C)C(=O)c1cn(Cc2ccc(C)cc2)nc1-c1ccc(C)cc1. The van der Waals surface area contributed by atoms with Crippen LogP contribution in [0.4, 0.5) is 0 Å². The molecule has 0 bridgehead atoms. The van der Waals surface area contributed by atoms with E-state index in [-0.39, 0.29) is 5.91 Å². The first-order valence-corrected chi connectivity index (χ1v) is 8.50. The number of benzene rings is 2. The number of carbonyl (C=O) groups excluding carboxylic acids is 1. The fraction of sp³-hybridized carbons (Fsp3) is 0.238. The minimum absolute atomic E-state index is 0.224. The highest BCUT2D eigenvalue weighted by Gasteiger charge is 2.21. The molecule has 0 radical (unpaired) electrons. The maximum Gasteiger partial charge on any atom is 0.280 e. The number of carbonyl (C=O) groups is 1. The van der Waals surface area contributed by atoms with Crippen LogP contribution in [-0.4, -0.2) is 34.9 Å². The van der Waals surface area contributed by atoms with Crippen molar-refractivity contribution in [2.75, 3.05) is 14.2 Å². The van der Waals surface area contributed by atoms with E-state index >= 15 is 0 Å². The average Bonchev–Trinajstić information content (AvgIpc) is 3.06. The van der Waals surface area contributed by atoms with Crippen LogP contribution in [0.5, 0.6) is 0 Å². The molecule has 3 rings (SSSR count). The molecule has 0 saturated carbocycles. The van der Waals surface area contributed by atoms with Crippen molar-refractivity contribution >= 4 is 5.91 Å². The van der Waals surface area contributed by atoms with E-state index in [0.29, 0.717) is 17.8 Å². The van der Waals surface area contributed by atoms with Crippen molar-refractivity contribution in [2.45, 2.75) is 20.4 Å². The van der Waals surface area contributed by atoms with Crippen LogP contribution in [0.1, 0.15) is 27.0 Å². The van der Waals surface area contributed by atoms with Gasteiger partial charge in [-0.3, -0.25) is 14.3 Å². The Labute approximate surface area is 153 Å². The number of aryl methyl sites for hydroxylation is 2. The van der Waals surface area contributed by atoms with Crippen molar-refractivity contribution in [3.8, 4) is 11.3 Å². The summed E-state index contributed by atoms with van der Waals surface area (Å²) in [6, 6.07) is 16.3. The van der Waals surface area contributed by atoms with Crippen molar-refractivity contribution in [2.24, 2.45) is 0 Å². The van der Waals surface area contributed by atoms with Crippen LogP contribution >= 0.6 is 0 Å². The van der Waals surface area contributed by atoms with Crippen LogP contribution in [0, 0.1) is 13.8 Å².